The highest BCUT2D eigenvalue weighted by Crippen LogP contribution is 2.34. The topological polar surface area (TPSA) is 55.2 Å². The van der Waals surface area contributed by atoms with Gasteiger partial charge in [0.15, 0.2) is 0 Å². The summed E-state index contributed by atoms with van der Waals surface area (Å²) in [6.45, 7) is 3.19. The van der Waals surface area contributed by atoms with E-state index in [1.807, 2.05) is 0 Å². The molecule has 1 N–H and O–H groups in total. The molecule has 19 heavy (non-hydrogen) atoms. The molecule has 0 bridgehead atoms. The Morgan fingerprint density at radius 1 is 1.47 bits per heavy atom. The Kier molecular flexibility index (Phi) is 4.47. The summed E-state index contributed by atoms with van der Waals surface area (Å²) in [5.41, 5.74) is 0.752. The minimum atomic E-state index is -0.674. The number of halogens is 1. The second-order valence-corrected chi connectivity index (χ2v) is 5.14. The monoisotopic (exact) mass is 266 g/mol. The van der Waals surface area contributed by atoms with Crippen molar-refractivity contribution in [3.63, 3.8) is 0 Å². The van der Waals surface area contributed by atoms with Gasteiger partial charge in [0.05, 0.1) is 12.5 Å². The van der Waals surface area contributed by atoms with E-state index >= 15 is 0 Å². The summed E-state index contributed by atoms with van der Waals surface area (Å²) < 4.78 is 13.4. The van der Waals surface area contributed by atoms with E-state index in [-0.39, 0.29) is 22.6 Å². The number of nitrogens with zero attached hydrogens (tertiary/aromatic N) is 1. The summed E-state index contributed by atoms with van der Waals surface area (Å²) in [6.07, 6.45) is 1.89. The van der Waals surface area contributed by atoms with Gasteiger partial charge in [-0.15, -0.1) is 0 Å². The summed E-state index contributed by atoms with van der Waals surface area (Å²) >= 11 is 0. The quantitative estimate of drug-likeness (QED) is 0.673. The van der Waals surface area contributed by atoms with Crippen LogP contribution in [0, 0.1) is 21.8 Å². The molecule has 4 nitrogen and oxygen atoms in total. The van der Waals surface area contributed by atoms with Gasteiger partial charge in [0.1, 0.15) is 5.82 Å². The highest BCUT2D eigenvalue weighted by Gasteiger charge is 2.41. The standard InChI is InChI=1S/C14H19FN2O2/c1-2-4-11-8-16-9-13(17(18)19)14(11)10-5-3-6-12(15)7-10/h3,5-7,11,13-14,16H,2,4,8-9H2,1H3/t11-,13+,14+/m0/s1. The van der Waals surface area contributed by atoms with Crippen molar-refractivity contribution in [3.05, 3.63) is 45.8 Å². The van der Waals surface area contributed by atoms with Gasteiger partial charge in [-0.25, -0.2) is 4.39 Å². The van der Waals surface area contributed by atoms with E-state index < -0.39 is 6.04 Å². The summed E-state index contributed by atoms with van der Waals surface area (Å²) in [6, 6.07) is 5.58. The van der Waals surface area contributed by atoms with E-state index in [4.69, 9.17) is 0 Å². The average molecular weight is 266 g/mol. The Balaban J connectivity index is 2.34. The van der Waals surface area contributed by atoms with Gasteiger partial charge in [-0.05, 0) is 36.6 Å². The third kappa shape index (κ3) is 3.10. The van der Waals surface area contributed by atoms with Crippen molar-refractivity contribution >= 4 is 0 Å². The van der Waals surface area contributed by atoms with Crippen LogP contribution in [0.5, 0.6) is 0 Å². The van der Waals surface area contributed by atoms with Crippen molar-refractivity contribution in [1.29, 1.82) is 0 Å². The first-order chi connectivity index (χ1) is 9.13. The SMILES string of the molecule is CCC[C@H]1CNC[C@@H]([N+](=O)[O-])[C@@H]1c1cccc(F)c1. The van der Waals surface area contributed by atoms with Crippen molar-refractivity contribution in [3.8, 4) is 0 Å². The maximum Gasteiger partial charge on any atom is 0.232 e. The highest BCUT2D eigenvalue weighted by molar-refractivity contribution is 5.24. The third-order valence-electron chi connectivity index (χ3n) is 3.85. The van der Waals surface area contributed by atoms with Gasteiger partial charge in [0.2, 0.25) is 6.04 Å². The van der Waals surface area contributed by atoms with Crippen molar-refractivity contribution in [2.24, 2.45) is 5.92 Å². The molecule has 3 atom stereocenters. The Hall–Kier alpha value is -1.49. The smallest absolute Gasteiger partial charge is 0.232 e. The predicted molar refractivity (Wildman–Crippen MR) is 71.2 cm³/mol. The Morgan fingerprint density at radius 2 is 2.26 bits per heavy atom. The van der Waals surface area contributed by atoms with Crippen LogP contribution < -0.4 is 5.32 Å². The third-order valence-corrected chi connectivity index (χ3v) is 3.85. The van der Waals surface area contributed by atoms with E-state index in [1.54, 1.807) is 12.1 Å². The molecule has 0 unspecified atom stereocenters. The first kappa shape index (κ1) is 13.9. The Labute approximate surface area is 112 Å². The molecule has 0 radical (unpaired) electrons. The summed E-state index contributed by atoms with van der Waals surface area (Å²) in [5, 5.41) is 14.4. The molecular weight excluding hydrogens is 247 g/mol. The van der Waals surface area contributed by atoms with Crippen molar-refractivity contribution in [2.45, 2.75) is 31.7 Å². The second kappa shape index (κ2) is 6.10. The van der Waals surface area contributed by atoms with Crippen molar-refractivity contribution in [2.75, 3.05) is 13.1 Å². The van der Waals surface area contributed by atoms with Crippen LogP contribution in [0.25, 0.3) is 0 Å². The lowest BCUT2D eigenvalue weighted by Gasteiger charge is -2.34. The molecule has 5 heteroatoms. The van der Waals surface area contributed by atoms with Crippen molar-refractivity contribution < 1.29 is 9.31 Å². The normalized spacial score (nSPS) is 27.2. The Bertz CT molecular complexity index is 451. The molecule has 1 saturated heterocycles. The van der Waals surface area contributed by atoms with Gasteiger partial charge < -0.3 is 5.32 Å². The zero-order chi connectivity index (χ0) is 13.8. The molecule has 0 saturated carbocycles. The van der Waals surface area contributed by atoms with Crippen LogP contribution in [0.2, 0.25) is 0 Å². The van der Waals surface area contributed by atoms with E-state index in [9.17, 15) is 14.5 Å². The van der Waals surface area contributed by atoms with Crippen LogP contribution in [-0.4, -0.2) is 24.1 Å². The fourth-order valence-electron chi connectivity index (χ4n) is 3.05. The molecule has 0 aliphatic carbocycles. The van der Waals surface area contributed by atoms with Crippen LogP contribution in [0.4, 0.5) is 4.39 Å². The maximum absolute atomic E-state index is 13.4. The number of rotatable bonds is 4. The highest BCUT2D eigenvalue weighted by atomic mass is 19.1. The lowest BCUT2D eigenvalue weighted by molar-refractivity contribution is -0.528. The number of benzene rings is 1. The zero-order valence-electron chi connectivity index (χ0n) is 11.0. The molecule has 0 aromatic heterocycles. The van der Waals surface area contributed by atoms with Crippen LogP contribution in [-0.2, 0) is 0 Å². The van der Waals surface area contributed by atoms with Gasteiger partial charge in [0, 0.05) is 4.92 Å². The van der Waals surface area contributed by atoms with Crippen LogP contribution in [0.15, 0.2) is 24.3 Å². The Morgan fingerprint density at radius 3 is 2.89 bits per heavy atom. The molecule has 1 aromatic rings. The maximum atomic E-state index is 13.4. The molecule has 2 rings (SSSR count). The molecule has 104 valence electrons. The zero-order valence-corrected chi connectivity index (χ0v) is 11.0. The molecule has 1 fully saturated rings. The number of nitrogens with one attached hydrogen (secondary N) is 1. The summed E-state index contributed by atoms with van der Waals surface area (Å²) in [4.78, 5) is 11.0. The average Bonchev–Trinajstić information content (AvgIpc) is 2.38. The number of nitro groups is 1. The first-order valence-corrected chi connectivity index (χ1v) is 6.73. The summed E-state index contributed by atoms with van der Waals surface area (Å²) in [5.74, 6) is -0.337. The van der Waals surface area contributed by atoms with Gasteiger partial charge in [-0.2, -0.15) is 0 Å². The molecule has 1 aliphatic heterocycles. The van der Waals surface area contributed by atoms with Gasteiger partial charge in [-0.3, -0.25) is 10.1 Å². The van der Waals surface area contributed by atoms with Crippen LogP contribution in [0.3, 0.4) is 0 Å². The molecule has 0 spiro atoms. The van der Waals surface area contributed by atoms with E-state index in [0.717, 1.165) is 24.9 Å². The minimum absolute atomic E-state index is 0.191. The van der Waals surface area contributed by atoms with E-state index in [2.05, 4.69) is 12.2 Å². The van der Waals surface area contributed by atoms with Gasteiger partial charge >= 0.3 is 0 Å². The number of hydrogen-bond donors (Lipinski definition) is 1. The van der Waals surface area contributed by atoms with Crippen molar-refractivity contribution in [1.82, 2.24) is 5.32 Å². The summed E-state index contributed by atoms with van der Waals surface area (Å²) in [7, 11) is 0. The molecule has 1 aliphatic rings. The minimum Gasteiger partial charge on any atom is -0.310 e. The number of piperidine rings is 1. The fourth-order valence-corrected chi connectivity index (χ4v) is 3.05. The predicted octanol–water partition coefficient (Wildman–Crippen LogP) is 2.57. The largest absolute Gasteiger partial charge is 0.310 e. The van der Waals surface area contributed by atoms with E-state index in [1.165, 1.54) is 12.1 Å². The lowest BCUT2D eigenvalue weighted by atomic mass is 9.76. The molecule has 1 heterocycles. The van der Waals surface area contributed by atoms with Crippen LogP contribution in [0.1, 0.15) is 31.2 Å². The molecular formula is C14H19FN2O2. The fraction of sp³-hybridized carbons (Fsp3) is 0.571. The second-order valence-electron chi connectivity index (χ2n) is 5.14. The molecule has 1 aromatic carbocycles. The van der Waals surface area contributed by atoms with Gasteiger partial charge in [-0.1, -0.05) is 25.5 Å². The van der Waals surface area contributed by atoms with Crippen LogP contribution >= 0.6 is 0 Å². The first-order valence-electron chi connectivity index (χ1n) is 6.73. The number of hydrogen-bond acceptors (Lipinski definition) is 3. The lowest BCUT2D eigenvalue weighted by Crippen LogP contribution is -2.49. The molecule has 0 amide bonds. The van der Waals surface area contributed by atoms with Gasteiger partial charge in [0.25, 0.3) is 0 Å². The van der Waals surface area contributed by atoms with E-state index in [0.29, 0.717) is 6.54 Å².